The average molecular weight is 264 g/mol. The Morgan fingerprint density at radius 1 is 1.05 bits per heavy atom. The van der Waals surface area contributed by atoms with Crippen molar-refractivity contribution in [1.82, 2.24) is 10.2 Å². The second-order valence-electron chi connectivity index (χ2n) is 7.37. The van der Waals surface area contributed by atoms with Crippen LogP contribution in [0.4, 0.5) is 0 Å². The Morgan fingerprint density at radius 3 is 2.37 bits per heavy atom. The van der Waals surface area contributed by atoms with E-state index in [0.29, 0.717) is 0 Å². The van der Waals surface area contributed by atoms with Crippen molar-refractivity contribution in [2.75, 3.05) is 13.1 Å². The number of piperidine rings is 1. The summed E-state index contributed by atoms with van der Waals surface area (Å²) in [7, 11) is 0. The topological polar surface area (TPSA) is 15.3 Å². The second-order valence-corrected chi connectivity index (χ2v) is 7.37. The number of hydrogen-bond donors (Lipinski definition) is 1. The Labute approximate surface area is 119 Å². The van der Waals surface area contributed by atoms with Gasteiger partial charge in [0.2, 0.25) is 0 Å². The van der Waals surface area contributed by atoms with Crippen LogP contribution >= 0.6 is 0 Å². The zero-order valence-electron chi connectivity index (χ0n) is 12.9. The maximum atomic E-state index is 3.77. The minimum atomic E-state index is 0.815. The first-order valence-electron chi connectivity index (χ1n) is 8.77. The van der Waals surface area contributed by atoms with Crippen LogP contribution in [-0.4, -0.2) is 36.1 Å². The van der Waals surface area contributed by atoms with Gasteiger partial charge in [-0.05, 0) is 56.9 Å². The Hall–Kier alpha value is -0.0800. The van der Waals surface area contributed by atoms with E-state index in [1.54, 1.807) is 0 Å². The van der Waals surface area contributed by atoms with Crippen molar-refractivity contribution in [1.29, 1.82) is 0 Å². The van der Waals surface area contributed by atoms with Gasteiger partial charge in [-0.1, -0.05) is 26.7 Å². The van der Waals surface area contributed by atoms with Crippen LogP contribution in [0.2, 0.25) is 0 Å². The van der Waals surface area contributed by atoms with Crippen molar-refractivity contribution in [2.45, 2.75) is 83.3 Å². The normalized spacial score (nSPS) is 42.9. The molecule has 2 bridgehead atoms. The number of nitrogens with one attached hydrogen (secondary N) is 1. The van der Waals surface area contributed by atoms with Crippen LogP contribution in [0.3, 0.4) is 0 Å². The predicted molar refractivity (Wildman–Crippen MR) is 81.3 cm³/mol. The molecule has 0 spiro atoms. The molecule has 0 amide bonds. The summed E-state index contributed by atoms with van der Waals surface area (Å²) in [5.41, 5.74) is 0. The molecule has 2 heterocycles. The van der Waals surface area contributed by atoms with E-state index in [1.165, 1.54) is 64.5 Å². The lowest BCUT2D eigenvalue weighted by Gasteiger charge is -2.41. The maximum absolute atomic E-state index is 3.77. The fourth-order valence-electron chi connectivity index (χ4n) is 4.85. The largest absolute Gasteiger partial charge is 0.314 e. The molecule has 2 aliphatic heterocycles. The summed E-state index contributed by atoms with van der Waals surface area (Å²) in [6.45, 7) is 7.38. The van der Waals surface area contributed by atoms with Gasteiger partial charge in [0.1, 0.15) is 0 Å². The summed E-state index contributed by atoms with van der Waals surface area (Å²) >= 11 is 0. The molecule has 2 nitrogen and oxygen atoms in total. The molecule has 0 aromatic carbocycles. The SMILES string of the molecule is CCCNC1CC2CCC(C1)N2CC1CCCC1C. The van der Waals surface area contributed by atoms with Gasteiger partial charge in [0, 0.05) is 24.7 Å². The Kier molecular flexibility index (Phi) is 4.48. The summed E-state index contributed by atoms with van der Waals surface area (Å²) in [4.78, 5) is 2.91. The highest BCUT2D eigenvalue weighted by atomic mass is 15.2. The quantitative estimate of drug-likeness (QED) is 0.818. The van der Waals surface area contributed by atoms with Crippen LogP contribution in [0.1, 0.15) is 65.2 Å². The van der Waals surface area contributed by atoms with Gasteiger partial charge in [-0.3, -0.25) is 4.90 Å². The monoisotopic (exact) mass is 264 g/mol. The van der Waals surface area contributed by atoms with Crippen molar-refractivity contribution in [3.63, 3.8) is 0 Å². The molecule has 0 aromatic rings. The lowest BCUT2D eigenvalue weighted by Crippen LogP contribution is -2.50. The summed E-state index contributed by atoms with van der Waals surface area (Å²) in [5, 5.41) is 3.77. The van der Waals surface area contributed by atoms with Crippen molar-refractivity contribution in [2.24, 2.45) is 11.8 Å². The molecule has 1 N–H and O–H groups in total. The van der Waals surface area contributed by atoms with Gasteiger partial charge in [-0.2, -0.15) is 0 Å². The summed E-state index contributed by atoms with van der Waals surface area (Å²) in [6.07, 6.45) is 11.5. The van der Waals surface area contributed by atoms with Gasteiger partial charge < -0.3 is 5.32 Å². The van der Waals surface area contributed by atoms with Crippen molar-refractivity contribution >= 4 is 0 Å². The van der Waals surface area contributed by atoms with Gasteiger partial charge in [-0.15, -0.1) is 0 Å². The van der Waals surface area contributed by atoms with E-state index in [4.69, 9.17) is 0 Å². The fourth-order valence-corrected chi connectivity index (χ4v) is 4.85. The summed E-state index contributed by atoms with van der Waals surface area (Å²) in [6, 6.07) is 2.62. The van der Waals surface area contributed by atoms with Crippen LogP contribution in [0.5, 0.6) is 0 Å². The third-order valence-corrected chi connectivity index (χ3v) is 6.05. The third-order valence-electron chi connectivity index (χ3n) is 6.05. The molecule has 2 heteroatoms. The van der Waals surface area contributed by atoms with Crippen molar-refractivity contribution in [3.05, 3.63) is 0 Å². The van der Waals surface area contributed by atoms with Crippen LogP contribution in [-0.2, 0) is 0 Å². The first-order chi connectivity index (χ1) is 9.28. The van der Waals surface area contributed by atoms with Crippen LogP contribution in [0.25, 0.3) is 0 Å². The van der Waals surface area contributed by atoms with Crippen LogP contribution in [0, 0.1) is 11.8 Å². The summed E-state index contributed by atoms with van der Waals surface area (Å²) in [5.74, 6) is 1.98. The van der Waals surface area contributed by atoms with Gasteiger partial charge in [-0.25, -0.2) is 0 Å². The lowest BCUT2D eigenvalue weighted by molar-refractivity contribution is 0.0907. The minimum Gasteiger partial charge on any atom is -0.314 e. The third kappa shape index (κ3) is 3.00. The number of hydrogen-bond acceptors (Lipinski definition) is 2. The first kappa shape index (κ1) is 13.9. The average Bonchev–Trinajstić information content (AvgIpc) is 2.90. The fraction of sp³-hybridized carbons (Fsp3) is 1.00. The Bertz CT molecular complexity index is 277. The van der Waals surface area contributed by atoms with E-state index in [2.05, 4.69) is 24.1 Å². The second kappa shape index (κ2) is 6.13. The van der Waals surface area contributed by atoms with Crippen molar-refractivity contribution < 1.29 is 0 Å². The molecule has 1 aliphatic carbocycles. The highest BCUT2D eigenvalue weighted by Gasteiger charge is 2.41. The number of fused-ring (bicyclic) bond motifs is 2. The number of nitrogens with zero attached hydrogens (tertiary/aromatic N) is 1. The molecule has 0 radical (unpaired) electrons. The smallest absolute Gasteiger partial charge is 0.0114 e. The minimum absolute atomic E-state index is 0.815. The van der Waals surface area contributed by atoms with E-state index >= 15 is 0 Å². The first-order valence-corrected chi connectivity index (χ1v) is 8.77. The van der Waals surface area contributed by atoms with Gasteiger partial charge in [0.25, 0.3) is 0 Å². The zero-order valence-corrected chi connectivity index (χ0v) is 12.9. The van der Waals surface area contributed by atoms with Gasteiger partial charge >= 0.3 is 0 Å². The van der Waals surface area contributed by atoms with Crippen molar-refractivity contribution in [3.8, 4) is 0 Å². The molecular formula is C17H32N2. The van der Waals surface area contributed by atoms with Gasteiger partial charge in [0.05, 0.1) is 0 Å². The highest BCUT2D eigenvalue weighted by Crippen LogP contribution is 2.39. The molecule has 19 heavy (non-hydrogen) atoms. The zero-order chi connectivity index (χ0) is 13.2. The molecule has 110 valence electrons. The van der Waals surface area contributed by atoms with E-state index in [1.807, 2.05) is 0 Å². The van der Waals surface area contributed by atoms with Gasteiger partial charge in [0.15, 0.2) is 0 Å². The summed E-state index contributed by atoms with van der Waals surface area (Å²) < 4.78 is 0. The molecule has 1 saturated carbocycles. The van der Waals surface area contributed by atoms with E-state index < -0.39 is 0 Å². The molecule has 3 fully saturated rings. The van der Waals surface area contributed by atoms with E-state index in [-0.39, 0.29) is 0 Å². The highest BCUT2D eigenvalue weighted by molar-refractivity contribution is 4.98. The molecule has 4 atom stereocenters. The van der Waals surface area contributed by atoms with Crippen LogP contribution in [0.15, 0.2) is 0 Å². The van der Waals surface area contributed by atoms with E-state index in [9.17, 15) is 0 Å². The van der Waals surface area contributed by atoms with Crippen LogP contribution < -0.4 is 5.32 Å². The Morgan fingerprint density at radius 2 is 1.79 bits per heavy atom. The molecule has 3 rings (SSSR count). The molecule has 2 saturated heterocycles. The maximum Gasteiger partial charge on any atom is 0.0114 e. The lowest BCUT2D eigenvalue weighted by atomic mass is 9.92. The number of rotatable bonds is 5. The standard InChI is InChI=1S/C17H32N2/c1-3-9-18-15-10-16-7-8-17(11-15)19(16)12-14-6-4-5-13(14)2/h13-18H,3-12H2,1-2H3. The molecule has 0 aromatic heterocycles. The Balaban J connectivity index is 1.54. The molecular weight excluding hydrogens is 232 g/mol. The van der Waals surface area contributed by atoms with E-state index in [0.717, 1.165) is 30.0 Å². The molecule has 4 unspecified atom stereocenters. The predicted octanol–water partition coefficient (Wildman–Crippen LogP) is 3.42. The molecule has 3 aliphatic rings.